The van der Waals surface area contributed by atoms with Gasteiger partial charge in [0.2, 0.25) is 5.95 Å². The number of benzene rings is 2. The molecule has 3 N–H and O–H groups in total. The summed E-state index contributed by atoms with van der Waals surface area (Å²) in [6.07, 6.45) is 0. The van der Waals surface area contributed by atoms with Crippen molar-refractivity contribution in [1.82, 2.24) is 9.97 Å². The number of nitrogens with one attached hydrogen (secondary N) is 3. The van der Waals surface area contributed by atoms with Crippen LogP contribution in [0.4, 0.5) is 16.4 Å². The highest BCUT2D eigenvalue weighted by molar-refractivity contribution is 6.33. The third-order valence-electron chi connectivity index (χ3n) is 3.45. The second kappa shape index (κ2) is 5.69. The molecular weight excluding hydrogens is 300 g/mol. The second-order valence-corrected chi connectivity index (χ2v) is 5.51. The average Bonchev–Trinajstić information content (AvgIpc) is 2.83. The number of aryl methyl sites for hydroxylation is 2. The predicted molar refractivity (Wildman–Crippen MR) is 89.7 cm³/mol. The van der Waals surface area contributed by atoms with Gasteiger partial charge in [-0.05, 0) is 49.2 Å². The van der Waals surface area contributed by atoms with Crippen molar-refractivity contribution in [2.45, 2.75) is 13.8 Å². The maximum absolute atomic E-state index is 12.0. The molecule has 2 amide bonds. The van der Waals surface area contributed by atoms with Crippen molar-refractivity contribution < 1.29 is 4.79 Å². The predicted octanol–water partition coefficient (Wildman–Crippen LogP) is 4.48. The van der Waals surface area contributed by atoms with Crippen LogP contribution in [0.25, 0.3) is 11.0 Å². The molecule has 1 heterocycles. The van der Waals surface area contributed by atoms with Crippen LogP contribution in [0.5, 0.6) is 0 Å². The molecule has 0 fully saturated rings. The van der Waals surface area contributed by atoms with Crippen LogP contribution in [0, 0.1) is 13.8 Å². The van der Waals surface area contributed by atoms with E-state index in [1.165, 1.54) is 5.56 Å². The number of amides is 2. The van der Waals surface area contributed by atoms with Crippen LogP contribution in [0.3, 0.4) is 0 Å². The van der Waals surface area contributed by atoms with E-state index < -0.39 is 6.03 Å². The molecule has 3 aromatic rings. The fourth-order valence-corrected chi connectivity index (χ4v) is 2.34. The highest BCUT2D eigenvalue weighted by Crippen LogP contribution is 2.21. The number of anilines is 2. The van der Waals surface area contributed by atoms with E-state index in [9.17, 15) is 4.79 Å². The summed E-state index contributed by atoms with van der Waals surface area (Å²) in [5.41, 5.74) is 4.58. The van der Waals surface area contributed by atoms with Gasteiger partial charge in [-0.3, -0.25) is 5.32 Å². The van der Waals surface area contributed by atoms with Crippen molar-refractivity contribution in [3.63, 3.8) is 0 Å². The highest BCUT2D eigenvalue weighted by atomic mass is 35.5. The summed E-state index contributed by atoms with van der Waals surface area (Å²) in [5, 5.41) is 5.83. The van der Waals surface area contributed by atoms with Gasteiger partial charge in [-0.1, -0.05) is 23.7 Å². The summed E-state index contributed by atoms with van der Waals surface area (Å²) < 4.78 is 0. The molecule has 22 heavy (non-hydrogen) atoms. The first-order valence-electron chi connectivity index (χ1n) is 6.82. The minimum atomic E-state index is -0.402. The van der Waals surface area contributed by atoms with Gasteiger partial charge >= 0.3 is 6.03 Å². The Bertz CT molecular complexity index is 817. The van der Waals surface area contributed by atoms with Crippen LogP contribution in [-0.4, -0.2) is 16.0 Å². The number of hydrogen-bond acceptors (Lipinski definition) is 2. The van der Waals surface area contributed by atoms with Crippen LogP contribution in [0.15, 0.2) is 36.4 Å². The SMILES string of the molecule is Cc1cc2nc(NC(=O)Nc3ccccc3Cl)[nH]c2cc1C. The number of carbonyl (C=O) groups is 1. The molecule has 1 aromatic heterocycles. The smallest absolute Gasteiger partial charge is 0.324 e. The number of aromatic amines is 1. The van der Waals surface area contributed by atoms with Gasteiger partial charge < -0.3 is 10.3 Å². The first kappa shape index (κ1) is 14.4. The van der Waals surface area contributed by atoms with Gasteiger partial charge in [0, 0.05) is 0 Å². The largest absolute Gasteiger partial charge is 0.326 e. The molecule has 0 aliphatic heterocycles. The number of imidazole rings is 1. The topological polar surface area (TPSA) is 69.8 Å². The van der Waals surface area contributed by atoms with Crippen LogP contribution < -0.4 is 10.6 Å². The van der Waals surface area contributed by atoms with E-state index in [0.717, 1.165) is 16.6 Å². The van der Waals surface area contributed by atoms with E-state index in [2.05, 4.69) is 20.6 Å². The van der Waals surface area contributed by atoms with Crippen molar-refractivity contribution >= 4 is 40.3 Å². The van der Waals surface area contributed by atoms with Crippen LogP contribution in [0.1, 0.15) is 11.1 Å². The van der Waals surface area contributed by atoms with Crippen molar-refractivity contribution in [2.75, 3.05) is 10.6 Å². The summed E-state index contributed by atoms with van der Waals surface area (Å²) in [6.45, 7) is 4.06. The molecule has 6 heteroatoms. The molecule has 5 nitrogen and oxygen atoms in total. The lowest BCUT2D eigenvalue weighted by Gasteiger charge is -2.06. The molecule has 0 atom stereocenters. The standard InChI is InChI=1S/C16H15ClN4O/c1-9-7-13-14(8-10(9)2)19-15(18-13)21-16(22)20-12-6-4-3-5-11(12)17/h3-8H,1-2H3,(H3,18,19,20,21,22). The maximum Gasteiger partial charge on any atom is 0.326 e. The van der Waals surface area contributed by atoms with Crippen LogP contribution in [0.2, 0.25) is 5.02 Å². The zero-order valence-electron chi connectivity index (χ0n) is 12.2. The third kappa shape index (κ3) is 2.89. The highest BCUT2D eigenvalue weighted by Gasteiger charge is 2.09. The number of aromatic nitrogens is 2. The lowest BCUT2D eigenvalue weighted by Crippen LogP contribution is -2.20. The first-order valence-corrected chi connectivity index (χ1v) is 7.20. The summed E-state index contributed by atoms with van der Waals surface area (Å²) in [6, 6.07) is 10.6. The Morgan fingerprint density at radius 3 is 2.64 bits per heavy atom. The number of halogens is 1. The van der Waals surface area contributed by atoms with E-state index in [4.69, 9.17) is 11.6 Å². The average molecular weight is 315 g/mol. The summed E-state index contributed by atoms with van der Waals surface area (Å²) in [7, 11) is 0. The summed E-state index contributed by atoms with van der Waals surface area (Å²) >= 11 is 6.00. The molecule has 3 rings (SSSR count). The van der Waals surface area contributed by atoms with E-state index in [0.29, 0.717) is 16.7 Å². The monoisotopic (exact) mass is 314 g/mol. The summed E-state index contributed by atoms with van der Waals surface area (Å²) in [4.78, 5) is 19.4. The Morgan fingerprint density at radius 1 is 1.14 bits per heavy atom. The number of rotatable bonds is 2. The zero-order valence-corrected chi connectivity index (χ0v) is 13.0. The second-order valence-electron chi connectivity index (χ2n) is 5.10. The quantitative estimate of drug-likeness (QED) is 0.653. The van der Waals surface area contributed by atoms with Gasteiger partial charge in [-0.25, -0.2) is 9.78 Å². The van der Waals surface area contributed by atoms with Crippen molar-refractivity contribution in [2.24, 2.45) is 0 Å². The Kier molecular flexibility index (Phi) is 3.73. The number of carbonyl (C=O) groups excluding carboxylic acids is 1. The lowest BCUT2D eigenvalue weighted by molar-refractivity contribution is 0.262. The number of nitrogens with zero attached hydrogens (tertiary/aromatic N) is 1. The van der Waals surface area contributed by atoms with Gasteiger partial charge in [-0.2, -0.15) is 0 Å². The van der Waals surface area contributed by atoms with Crippen molar-refractivity contribution in [1.29, 1.82) is 0 Å². The van der Waals surface area contributed by atoms with Crippen LogP contribution >= 0.6 is 11.6 Å². The van der Waals surface area contributed by atoms with E-state index in [1.54, 1.807) is 24.3 Å². The molecular formula is C16H15ClN4O. The molecule has 0 aliphatic rings. The fourth-order valence-electron chi connectivity index (χ4n) is 2.15. The van der Waals surface area contributed by atoms with Gasteiger partial charge in [0.25, 0.3) is 0 Å². The lowest BCUT2D eigenvalue weighted by atomic mass is 10.1. The fraction of sp³-hybridized carbons (Fsp3) is 0.125. The van der Waals surface area contributed by atoms with Crippen molar-refractivity contribution in [3.05, 3.63) is 52.5 Å². The van der Waals surface area contributed by atoms with Gasteiger partial charge in [-0.15, -0.1) is 0 Å². The number of para-hydroxylation sites is 1. The Hall–Kier alpha value is -2.53. The minimum absolute atomic E-state index is 0.393. The van der Waals surface area contributed by atoms with Crippen LogP contribution in [-0.2, 0) is 0 Å². The number of H-pyrrole nitrogens is 1. The Morgan fingerprint density at radius 2 is 1.86 bits per heavy atom. The molecule has 0 bridgehead atoms. The van der Waals surface area contributed by atoms with E-state index >= 15 is 0 Å². The number of fused-ring (bicyclic) bond motifs is 1. The molecule has 0 saturated carbocycles. The van der Waals surface area contributed by atoms with E-state index in [1.807, 2.05) is 26.0 Å². The molecule has 0 saturated heterocycles. The molecule has 2 aromatic carbocycles. The summed E-state index contributed by atoms with van der Waals surface area (Å²) in [5.74, 6) is 0.393. The van der Waals surface area contributed by atoms with E-state index in [-0.39, 0.29) is 0 Å². The Labute approximate surface area is 132 Å². The molecule has 0 aliphatic carbocycles. The number of urea groups is 1. The number of hydrogen-bond donors (Lipinski definition) is 3. The Balaban J connectivity index is 1.78. The van der Waals surface area contributed by atoms with Gasteiger partial charge in [0.05, 0.1) is 21.7 Å². The molecule has 0 spiro atoms. The molecule has 112 valence electrons. The van der Waals surface area contributed by atoms with Gasteiger partial charge in [0.15, 0.2) is 0 Å². The minimum Gasteiger partial charge on any atom is -0.324 e. The zero-order chi connectivity index (χ0) is 15.7. The molecule has 0 radical (unpaired) electrons. The molecule has 0 unspecified atom stereocenters. The van der Waals surface area contributed by atoms with Gasteiger partial charge in [0.1, 0.15) is 0 Å². The van der Waals surface area contributed by atoms with Crippen molar-refractivity contribution in [3.8, 4) is 0 Å². The maximum atomic E-state index is 12.0. The third-order valence-corrected chi connectivity index (χ3v) is 3.78. The first-order chi connectivity index (χ1) is 10.5. The normalized spacial score (nSPS) is 10.7.